The average molecular weight is 270 g/mol. The third kappa shape index (κ3) is 2.79. The van der Waals surface area contributed by atoms with Crippen molar-refractivity contribution in [1.82, 2.24) is 14.5 Å². The van der Waals surface area contributed by atoms with Crippen LogP contribution in [0.3, 0.4) is 0 Å². The van der Waals surface area contributed by atoms with Crippen molar-refractivity contribution in [2.75, 3.05) is 6.61 Å². The molecule has 18 heavy (non-hydrogen) atoms. The Morgan fingerprint density at radius 2 is 2.22 bits per heavy atom. The molecule has 0 saturated heterocycles. The molecule has 0 aliphatic heterocycles. The molecule has 0 aromatic carbocycles. The molecule has 0 atom stereocenters. The van der Waals surface area contributed by atoms with E-state index in [2.05, 4.69) is 9.97 Å². The Kier molecular flexibility index (Phi) is 5.09. The summed E-state index contributed by atoms with van der Waals surface area (Å²) in [6.45, 7) is 4.99. The monoisotopic (exact) mass is 269 g/mol. The number of rotatable bonds is 4. The lowest BCUT2D eigenvalue weighted by Gasteiger charge is -2.05. The van der Waals surface area contributed by atoms with Crippen LogP contribution >= 0.6 is 12.4 Å². The number of aromatic nitrogens is 3. The van der Waals surface area contributed by atoms with E-state index in [1.165, 1.54) is 0 Å². The summed E-state index contributed by atoms with van der Waals surface area (Å²) in [5.41, 5.74) is 1.82. The van der Waals surface area contributed by atoms with E-state index in [9.17, 15) is 4.79 Å². The summed E-state index contributed by atoms with van der Waals surface area (Å²) in [5.74, 6) is 0.486. The molecule has 2 aromatic rings. The Labute approximate surface area is 112 Å². The van der Waals surface area contributed by atoms with Gasteiger partial charge < -0.3 is 9.30 Å². The number of hydrogen-bond donors (Lipinski definition) is 0. The number of nitrogens with zero attached hydrogens (tertiary/aromatic N) is 3. The van der Waals surface area contributed by atoms with Gasteiger partial charge in [0.1, 0.15) is 17.8 Å². The van der Waals surface area contributed by atoms with Crippen LogP contribution in [0.2, 0.25) is 0 Å². The van der Waals surface area contributed by atoms with Crippen LogP contribution in [-0.4, -0.2) is 27.1 Å². The predicted molar refractivity (Wildman–Crippen MR) is 70.8 cm³/mol. The fourth-order valence-electron chi connectivity index (χ4n) is 1.86. The molecule has 0 aliphatic rings. The highest BCUT2D eigenvalue weighted by Gasteiger charge is 2.13. The standard InChI is InChI=1S/C12H15N3O2.ClH/c1-3-15-10-5-6-13-8-9(10)14-11(15)7-12(16)17-4-2;/h5-6,8H,3-4,7H2,1-2H3;1H. The maximum atomic E-state index is 11.5. The zero-order valence-corrected chi connectivity index (χ0v) is 11.2. The number of pyridine rings is 1. The highest BCUT2D eigenvalue weighted by atomic mass is 35.5. The van der Waals surface area contributed by atoms with Crippen molar-refractivity contribution in [3.63, 3.8) is 0 Å². The molecule has 0 spiro atoms. The summed E-state index contributed by atoms with van der Waals surface area (Å²) >= 11 is 0. The lowest BCUT2D eigenvalue weighted by molar-refractivity contribution is -0.142. The van der Waals surface area contributed by atoms with Crippen molar-refractivity contribution < 1.29 is 9.53 Å². The molecule has 0 aliphatic carbocycles. The molecule has 98 valence electrons. The first-order valence-electron chi connectivity index (χ1n) is 5.71. The molecule has 2 rings (SSSR count). The summed E-state index contributed by atoms with van der Waals surface area (Å²) in [6.07, 6.45) is 3.64. The molecular weight excluding hydrogens is 254 g/mol. The average Bonchev–Trinajstić information content (AvgIpc) is 2.66. The topological polar surface area (TPSA) is 57.0 Å². The lowest BCUT2D eigenvalue weighted by Crippen LogP contribution is -2.12. The van der Waals surface area contributed by atoms with Crippen LogP contribution in [0, 0.1) is 0 Å². The van der Waals surface area contributed by atoms with Gasteiger partial charge in [0.2, 0.25) is 0 Å². The third-order valence-electron chi connectivity index (χ3n) is 2.55. The zero-order valence-electron chi connectivity index (χ0n) is 10.4. The number of halogens is 1. The molecule has 0 unspecified atom stereocenters. The van der Waals surface area contributed by atoms with Crippen LogP contribution in [0.1, 0.15) is 19.7 Å². The summed E-state index contributed by atoms with van der Waals surface area (Å²) < 4.78 is 6.94. The minimum atomic E-state index is -0.245. The Morgan fingerprint density at radius 1 is 1.44 bits per heavy atom. The van der Waals surface area contributed by atoms with Crippen molar-refractivity contribution in [3.05, 3.63) is 24.3 Å². The first-order chi connectivity index (χ1) is 8.26. The molecule has 2 heterocycles. The smallest absolute Gasteiger partial charge is 0.313 e. The van der Waals surface area contributed by atoms with Crippen molar-refractivity contribution in [2.24, 2.45) is 0 Å². The number of fused-ring (bicyclic) bond motifs is 1. The van der Waals surface area contributed by atoms with Gasteiger partial charge in [-0.1, -0.05) is 0 Å². The van der Waals surface area contributed by atoms with Gasteiger partial charge in [-0.15, -0.1) is 12.4 Å². The first-order valence-corrected chi connectivity index (χ1v) is 5.71. The second-order valence-electron chi connectivity index (χ2n) is 3.62. The number of ether oxygens (including phenoxy) is 1. The van der Waals surface area contributed by atoms with Crippen LogP contribution in [-0.2, 0) is 22.5 Å². The third-order valence-corrected chi connectivity index (χ3v) is 2.55. The largest absolute Gasteiger partial charge is 0.466 e. The van der Waals surface area contributed by atoms with E-state index in [1.807, 2.05) is 17.6 Å². The van der Waals surface area contributed by atoms with Crippen molar-refractivity contribution in [3.8, 4) is 0 Å². The van der Waals surface area contributed by atoms with Gasteiger partial charge in [0.15, 0.2) is 0 Å². The maximum absolute atomic E-state index is 11.5. The molecule has 5 nitrogen and oxygen atoms in total. The number of carbonyl (C=O) groups excluding carboxylic acids is 1. The number of esters is 1. The van der Waals surface area contributed by atoms with Gasteiger partial charge in [0.25, 0.3) is 0 Å². The van der Waals surface area contributed by atoms with Crippen LogP contribution in [0.4, 0.5) is 0 Å². The second-order valence-corrected chi connectivity index (χ2v) is 3.62. The van der Waals surface area contributed by atoms with Gasteiger partial charge in [-0.2, -0.15) is 0 Å². The molecule has 0 fully saturated rings. The van der Waals surface area contributed by atoms with Gasteiger partial charge in [-0.3, -0.25) is 9.78 Å². The summed E-state index contributed by atoms with van der Waals surface area (Å²) in [6, 6.07) is 1.90. The number of carbonyl (C=O) groups is 1. The van der Waals surface area contributed by atoms with Crippen LogP contribution in [0.5, 0.6) is 0 Å². The van der Waals surface area contributed by atoms with E-state index in [0.29, 0.717) is 6.61 Å². The lowest BCUT2D eigenvalue weighted by atomic mass is 10.4. The zero-order chi connectivity index (χ0) is 12.3. The van der Waals surface area contributed by atoms with Crippen molar-refractivity contribution in [2.45, 2.75) is 26.8 Å². The second kappa shape index (κ2) is 6.35. The highest BCUT2D eigenvalue weighted by Crippen LogP contribution is 2.15. The van der Waals surface area contributed by atoms with E-state index in [4.69, 9.17) is 4.74 Å². The van der Waals surface area contributed by atoms with Crippen LogP contribution in [0.15, 0.2) is 18.5 Å². The molecule has 2 aromatic heterocycles. The van der Waals surface area contributed by atoms with E-state index in [1.54, 1.807) is 19.3 Å². The maximum Gasteiger partial charge on any atom is 0.313 e. The predicted octanol–water partition coefficient (Wildman–Crippen LogP) is 1.98. The van der Waals surface area contributed by atoms with Crippen LogP contribution < -0.4 is 0 Å². The van der Waals surface area contributed by atoms with Gasteiger partial charge in [0.05, 0.1) is 18.3 Å². The van der Waals surface area contributed by atoms with E-state index in [-0.39, 0.29) is 24.8 Å². The van der Waals surface area contributed by atoms with E-state index < -0.39 is 0 Å². The number of aryl methyl sites for hydroxylation is 1. The van der Waals surface area contributed by atoms with Gasteiger partial charge in [0, 0.05) is 12.7 Å². The minimum Gasteiger partial charge on any atom is -0.466 e. The molecule has 0 radical (unpaired) electrons. The summed E-state index contributed by atoms with van der Waals surface area (Å²) in [4.78, 5) is 19.9. The molecule has 6 heteroatoms. The molecule has 0 amide bonds. The minimum absolute atomic E-state index is 0. The van der Waals surface area contributed by atoms with E-state index >= 15 is 0 Å². The van der Waals surface area contributed by atoms with Gasteiger partial charge in [-0.05, 0) is 19.9 Å². The Bertz CT molecular complexity index is 539. The van der Waals surface area contributed by atoms with Crippen molar-refractivity contribution >= 4 is 29.4 Å². The molecule has 0 bridgehead atoms. The fraction of sp³-hybridized carbons (Fsp3) is 0.417. The van der Waals surface area contributed by atoms with Gasteiger partial charge in [-0.25, -0.2) is 4.98 Å². The Balaban J connectivity index is 0.00000162. The fourth-order valence-corrected chi connectivity index (χ4v) is 1.86. The van der Waals surface area contributed by atoms with Crippen LogP contribution in [0.25, 0.3) is 11.0 Å². The van der Waals surface area contributed by atoms with Gasteiger partial charge >= 0.3 is 5.97 Å². The number of imidazole rings is 1. The Morgan fingerprint density at radius 3 is 2.89 bits per heavy atom. The summed E-state index contributed by atoms with van der Waals surface area (Å²) in [7, 11) is 0. The molecular formula is C12H16ClN3O2. The van der Waals surface area contributed by atoms with E-state index in [0.717, 1.165) is 23.4 Å². The highest BCUT2D eigenvalue weighted by molar-refractivity contribution is 5.85. The van der Waals surface area contributed by atoms with Crippen molar-refractivity contribution in [1.29, 1.82) is 0 Å². The first kappa shape index (κ1) is 14.4. The molecule has 0 saturated carbocycles. The Hall–Kier alpha value is -1.62. The normalized spacial score (nSPS) is 10.1. The number of hydrogen-bond acceptors (Lipinski definition) is 4. The molecule has 0 N–H and O–H groups in total. The quantitative estimate of drug-likeness (QED) is 0.797. The SMILES string of the molecule is CCOC(=O)Cc1nc2cnccc2n1CC.Cl. The summed E-state index contributed by atoms with van der Waals surface area (Å²) in [5, 5.41) is 0.